The van der Waals surface area contributed by atoms with Crippen LogP contribution in [0.5, 0.6) is 5.75 Å². The highest BCUT2D eigenvalue weighted by Crippen LogP contribution is 2.22. The molecule has 0 spiro atoms. The van der Waals surface area contributed by atoms with Gasteiger partial charge in [-0.25, -0.2) is 26.7 Å². The number of anilines is 1. The summed E-state index contributed by atoms with van der Waals surface area (Å²) in [6.07, 6.45) is 0. The number of hydrogen-bond donors (Lipinski definition) is 3. The minimum Gasteiger partial charge on any atom is -0.483 e. The topological polar surface area (TPSA) is 145 Å². The minimum absolute atomic E-state index is 0.0645. The van der Waals surface area contributed by atoms with E-state index in [1.54, 1.807) is 6.92 Å². The Bertz CT molecular complexity index is 1110. The molecule has 0 saturated carbocycles. The normalized spacial score (nSPS) is 12.0. The number of primary sulfonamides is 1. The van der Waals surface area contributed by atoms with Crippen LogP contribution in [0.3, 0.4) is 0 Å². The van der Waals surface area contributed by atoms with Crippen LogP contribution < -0.4 is 19.9 Å². The average molecular weight is 456 g/mol. The third-order valence-electron chi connectivity index (χ3n) is 3.96. The maximum Gasteiger partial charge on any atom is 0.262 e. The van der Waals surface area contributed by atoms with Crippen LogP contribution >= 0.6 is 0 Å². The van der Waals surface area contributed by atoms with Gasteiger partial charge in [0.1, 0.15) is 5.75 Å². The fourth-order valence-electron chi connectivity index (χ4n) is 2.38. The molecule has 0 aliphatic rings. The van der Waals surface area contributed by atoms with Gasteiger partial charge in [0.25, 0.3) is 5.91 Å². The second kappa shape index (κ2) is 9.56. The van der Waals surface area contributed by atoms with Crippen molar-refractivity contribution in [1.82, 2.24) is 4.72 Å². The lowest BCUT2D eigenvalue weighted by Gasteiger charge is -2.13. The van der Waals surface area contributed by atoms with Crippen LogP contribution in [0.25, 0.3) is 0 Å². The molecule has 0 atom stereocenters. The molecule has 11 heteroatoms. The van der Waals surface area contributed by atoms with Gasteiger partial charge in [-0.05, 0) is 60.9 Å². The monoisotopic (exact) mass is 455 g/mol. The number of nitrogens with two attached hydrogens (primary N) is 1. The number of carbonyl (C=O) groups is 1. The van der Waals surface area contributed by atoms with Crippen molar-refractivity contribution in [3.8, 4) is 5.75 Å². The second-order valence-electron chi connectivity index (χ2n) is 7.08. The van der Waals surface area contributed by atoms with Gasteiger partial charge in [0.15, 0.2) is 6.61 Å². The summed E-state index contributed by atoms with van der Waals surface area (Å²) in [7, 11) is -7.42. The summed E-state index contributed by atoms with van der Waals surface area (Å²) in [6, 6.07) is 9.76. The standard InChI is InChI=1S/C19H25N3O6S2/c1-13(2)11-21-30(26,27)17-8-9-18(14(3)10-17)28-12-19(23)22-15-4-6-16(7-5-15)29(20,24)25/h4-10,13,21H,11-12H2,1-3H3,(H,22,23)(H2,20,24,25). The summed E-state index contributed by atoms with van der Waals surface area (Å²) in [4.78, 5) is 12.1. The van der Waals surface area contributed by atoms with Crippen molar-refractivity contribution in [2.24, 2.45) is 11.1 Å². The van der Waals surface area contributed by atoms with E-state index in [-0.39, 0.29) is 22.3 Å². The third-order valence-corrected chi connectivity index (χ3v) is 6.31. The molecule has 0 aromatic heterocycles. The second-order valence-corrected chi connectivity index (χ2v) is 10.4. The first-order chi connectivity index (χ1) is 13.9. The molecule has 2 rings (SSSR count). The Hall–Kier alpha value is -2.47. The number of aryl methyl sites for hydroxylation is 1. The largest absolute Gasteiger partial charge is 0.483 e. The van der Waals surface area contributed by atoms with Crippen LogP contribution in [0.2, 0.25) is 0 Å². The van der Waals surface area contributed by atoms with Gasteiger partial charge in [-0.3, -0.25) is 4.79 Å². The quantitative estimate of drug-likeness (QED) is 0.524. The van der Waals surface area contributed by atoms with E-state index in [1.807, 2.05) is 13.8 Å². The molecule has 0 fully saturated rings. The molecule has 0 aliphatic heterocycles. The zero-order valence-electron chi connectivity index (χ0n) is 16.9. The highest BCUT2D eigenvalue weighted by Gasteiger charge is 2.16. The van der Waals surface area contributed by atoms with Crippen LogP contribution in [-0.2, 0) is 24.8 Å². The molecule has 0 unspecified atom stereocenters. The maximum absolute atomic E-state index is 12.3. The highest BCUT2D eigenvalue weighted by atomic mass is 32.2. The fraction of sp³-hybridized carbons (Fsp3) is 0.316. The van der Waals surface area contributed by atoms with Crippen LogP contribution in [-0.4, -0.2) is 35.9 Å². The summed E-state index contributed by atoms with van der Waals surface area (Å²) in [5.41, 5.74) is 0.943. The lowest BCUT2D eigenvalue weighted by molar-refractivity contribution is -0.118. The lowest BCUT2D eigenvalue weighted by atomic mass is 10.2. The van der Waals surface area contributed by atoms with E-state index in [2.05, 4.69) is 10.0 Å². The van der Waals surface area contributed by atoms with Gasteiger partial charge in [-0.1, -0.05) is 13.8 Å². The number of ether oxygens (including phenoxy) is 1. The molecule has 9 nitrogen and oxygen atoms in total. The summed E-state index contributed by atoms with van der Waals surface area (Å²) < 4.78 is 55.1. The molecular formula is C19H25N3O6S2. The van der Waals surface area contributed by atoms with Crippen LogP contribution in [0.15, 0.2) is 52.3 Å². The number of hydrogen-bond acceptors (Lipinski definition) is 6. The molecule has 0 bridgehead atoms. The smallest absolute Gasteiger partial charge is 0.262 e. The fourth-order valence-corrected chi connectivity index (χ4v) is 4.19. The van der Waals surface area contributed by atoms with E-state index in [4.69, 9.17) is 9.88 Å². The Labute approximate surface area is 176 Å². The highest BCUT2D eigenvalue weighted by molar-refractivity contribution is 7.89. The van der Waals surface area contributed by atoms with E-state index < -0.39 is 26.0 Å². The molecule has 1 amide bonds. The zero-order chi connectivity index (χ0) is 22.5. The van der Waals surface area contributed by atoms with E-state index in [9.17, 15) is 21.6 Å². The molecule has 0 saturated heterocycles. The maximum atomic E-state index is 12.3. The molecule has 30 heavy (non-hydrogen) atoms. The molecule has 0 radical (unpaired) electrons. The van der Waals surface area contributed by atoms with E-state index in [0.29, 0.717) is 23.5 Å². The molecule has 2 aromatic carbocycles. The van der Waals surface area contributed by atoms with Crippen molar-refractivity contribution in [3.05, 3.63) is 48.0 Å². The Kier molecular flexibility index (Phi) is 7.59. The van der Waals surface area contributed by atoms with Crippen molar-refractivity contribution in [2.45, 2.75) is 30.6 Å². The molecule has 2 aromatic rings. The summed E-state index contributed by atoms with van der Waals surface area (Å²) in [5.74, 6) is 0.0866. The van der Waals surface area contributed by atoms with Gasteiger partial charge in [0, 0.05) is 12.2 Å². The van der Waals surface area contributed by atoms with Crippen molar-refractivity contribution >= 4 is 31.6 Å². The van der Waals surface area contributed by atoms with Gasteiger partial charge in [0.2, 0.25) is 20.0 Å². The number of nitrogens with one attached hydrogen (secondary N) is 2. The molecule has 164 valence electrons. The van der Waals surface area contributed by atoms with E-state index >= 15 is 0 Å². The summed E-state index contributed by atoms with van der Waals surface area (Å²) >= 11 is 0. The molecule has 0 heterocycles. The Morgan fingerprint density at radius 2 is 1.63 bits per heavy atom. The van der Waals surface area contributed by atoms with Crippen molar-refractivity contribution in [1.29, 1.82) is 0 Å². The van der Waals surface area contributed by atoms with Gasteiger partial charge < -0.3 is 10.1 Å². The number of amides is 1. The van der Waals surface area contributed by atoms with Crippen LogP contribution in [0, 0.1) is 12.8 Å². The van der Waals surface area contributed by atoms with E-state index in [1.165, 1.54) is 42.5 Å². The van der Waals surface area contributed by atoms with Gasteiger partial charge in [-0.2, -0.15) is 0 Å². The third kappa shape index (κ3) is 6.80. The number of benzene rings is 2. The lowest BCUT2D eigenvalue weighted by Crippen LogP contribution is -2.27. The number of carbonyl (C=O) groups excluding carboxylic acids is 1. The Balaban J connectivity index is 1.98. The number of rotatable bonds is 9. The summed E-state index contributed by atoms with van der Waals surface area (Å²) in [6.45, 7) is 5.52. The SMILES string of the molecule is Cc1cc(S(=O)(=O)NCC(C)C)ccc1OCC(=O)Nc1ccc(S(N)(=O)=O)cc1. The van der Waals surface area contributed by atoms with Crippen molar-refractivity contribution in [2.75, 3.05) is 18.5 Å². The van der Waals surface area contributed by atoms with Gasteiger partial charge in [0.05, 0.1) is 9.79 Å². The predicted molar refractivity (Wildman–Crippen MR) is 113 cm³/mol. The van der Waals surface area contributed by atoms with Gasteiger partial charge in [-0.15, -0.1) is 0 Å². The Morgan fingerprint density at radius 3 is 2.17 bits per heavy atom. The minimum atomic E-state index is -3.81. The molecule has 0 aliphatic carbocycles. The molecular weight excluding hydrogens is 430 g/mol. The number of sulfonamides is 2. The Morgan fingerprint density at radius 1 is 1.03 bits per heavy atom. The van der Waals surface area contributed by atoms with Crippen molar-refractivity contribution in [3.63, 3.8) is 0 Å². The van der Waals surface area contributed by atoms with Crippen LogP contribution in [0.1, 0.15) is 19.4 Å². The summed E-state index contributed by atoms with van der Waals surface area (Å²) in [5, 5.41) is 7.59. The first kappa shape index (κ1) is 23.8. The first-order valence-electron chi connectivity index (χ1n) is 9.04. The zero-order valence-corrected chi connectivity index (χ0v) is 18.5. The first-order valence-corrected chi connectivity index (χ1v) is 12.1. The van der Waals surface area contributed by atoms with Gasteiger partial charge >= 0.3 is 0 Å². The van der Waals surface area contributed by atoms with Crippen LogP contribution in [0.4, 0.5) is 5.69 Å². The van der Waals surface area contributed by atoms with Crippen molar-refractivity contribution < 1.29 is 26.4 Å². The molecule has 4 N–H and O–H groups in total. The average Bonchev–Trinajstić information content (AvgIpc) is 2.65. The van der Waals surface area contributed by atoms with E-state index in [0.717, 1.165) is 0 Å². The predicted octanol–water partition coefficient (Wildman–Crippen LogP) is 1.59.